The first-order valence-corrected chi connectivity index (χ1v) is 11.4. The van der Waals surface area contributed by atoms with Crippen LogP contribution in [0.4, 0.5) is 25.0 Å². The van der Waals surface area contributed by atoms with Gasteiger partial charge in [0, 0.05) is 28.6 Å². The third-order valence-electron chi connectivity index (χ3n) is 4.76. The Morgan fingerprint density at radius 1 is 0.971 bits per heavy atom. The topological polar surface area (TPSA) is 105 Å². The lowest BCUT2D eigenvalue weighted by Crippen LogP contribution is -2.21. The number of nitrogens with one attached hydrogen (secondary N) is 2. The Balaban J connectivity index is 1.49. The van der Waals surface area contributed by atoms with Gasteiger partial charge in [0.1, 0.15) is 16.9 Å². The molecule has 0 saturated carbocycles. The first-order chi connectivity index (χ1) is 16.7. The predicted octanol–water partition coefficient (Wildman–Crippen LogP) is 5.71. The quantitative estimate of drug-likeness (QED) is 0.325. The number of carboxylic acid groups (broad SMARTS) is 1. The Morgan fingerprint density at radius 3 is 2.29 bits per heavy atom. The van der Waals surface area contributed by atoms with E-state index in [0.29, 0.717) is 22.2 Å². The van der Waals surface area contributed by atoms with Gasteiger partial charge in [-0.05, 0) is 55.5 Å². The zero-order valence-electron chi connectivity index (χ0n) is 18.6. The van der Waals surface area contributed by atoms with Crippen molar-refractivity contribution in [3.63, 3.8) is 0 Å². The maximum absolute atomic E-state index is 13.6. The average molecular weight is 501 g/mol. The van der Waals surface area contributed by atoms with Crippen LogP contribution in [0.2, 0.25) is 0 Å². The fourth-order valence-corrected chi connectivity index (χ4v) is 3.85. The number of benzene rings is 3. The van der Waals surface area contributed by atoms with Gasteiger partial charge in [0.05, 0.1) is 12.3 Å². The van der Waals surface area contributed by atoms with Crippen LogP contribution >= 0.6 is 11.8 Å². The van der Waals surface area contributed by atoms with E-state index in [-0.39, 0.29) is 24.6 Å². The van der Waals surface area contributed by atoms with Crippen molar-refractivity contribution >= 4 is 41.1 Å². The third kappa shape index (κ3) is 7.82. The van der Waals surface area contributed by atoms with Gasteiger partial charge in [-0.2, -0.15) is 0 Å². The van der Waals surface area contributed by atoms with Crippen LogP contribution in [0.3, 0.4) is 0 Å². The van der Waals surface area contributed by atoms with Gasteiger partial charge < -0.3 is 15.2 Å². The van der Waals surface area contributed by atoms with Crippen molar-refractivity contribution < 1.29 is 33.0 Å². The average Bonchev–Trinajstić information content (AvgIpc) is 2.81. The number of aryl methyl sites for hydroxylation is 1. The molecule has 1 unspecified atom stereocenters. The van der Waals surface area contributed by atoms with Crippen molar-refractivity contribution in [1.29, 1.82) is 0 Å². The zero-order valence-corrected chi connectivity index (χ0v) is 19.4. The molecule has 35 heavy (non-hydrogen) atoms. The molecule has 10 heteroatoms. The molecule has 3 N–H and O–H groups in total. The molecule has 182 valence electrons. The van der Waals surface area contributed by atoms with E-state index in [1.165, 1.54) is 0 Å². The molecule has 0 aliphatic rings. The summed E-state index contributed by atoms with van der Waals surface area (Å²) >= 11 is 1.06. The van der Waals surface area contributed by atoms with Crippen LogP contribution in [-0.4, -0.2) is 34.9 Å². The van der Waals surface area contributed by atoms with Gasteiger partial charge in [-0.3, -0.25) is 14.9 Å². The molecule has 3 aromatic rings. The highest BCUT2D eigenvalue weighted by Gasteiger charge is 2.20. The number of carboxylic acids is 1. The fourth-order valence-electron chi connectivity index (χ4n) is 2.92. The number of carbonyl (C=O) groups excluding carboxylic acids is 2. The Hall–Kier alpha value is -3.92. The van der Waals surface area contributed by atoms with Crippen LogP contribution in [0.5, 0.6) is 0 Å². The van der Waals surface area contributed by atoms with Crippen molar-refractivity contribution in [2.45, 2.75) is 23.5 Å². The SMILES string of the molecule is Cc1ccc(C(=O)Nc2ccc(SC(CCOC(=O)Nc3ccc(F)cc3F)C(=O)O)cc2)cc1. The summed E-state index contributed by atoms with van der Waals surface area (Å²) in [5, 5.41) is 13.5. The van der Waals surface area contributed by atoms with Crippen molar-refractivity contribution in [2.75, 3.05) is 17.2 Å². The second-order valence-electron chi connectivity index (χ2n) is 7.46. The number of hydrogen-bond acceptors (Lipinski definition) is 5. The summed E-state index contributed by atoms with van der Waals surface area (Å²) in [7, 11) is 0. The van der Waals surface area contributed by atoms with Crippen LogP contribution < -0.4 is 10.6 Å². The normalized spacial score (nSPS) is 11.4. The van der Waals surface area contributed by atoms with Crippen LogP contribution in [0.25, 0.3) is 0 Å². The highest BCUT2D eigenvalue weighted by molar-refractivity contribution is 8.00. The van der Waals surface area contributed by atoms with Crippen LogP contribution in [0.15, 0.2) is 71.6 Å². The summed E-state index contributed by atoms with van der Waals surface area (Å²) in [6.45, 7) is 1.70. The predicted molar refractivity (Wildman–Crippen MR) is 129 cm³/mol. The number of amides is 2. The molecule has 0 aliphatic heterocycles. The van der Waals surface area contributed by atoms with Crippen molar-refractivity contribution in [3.8, 4) is 0 Å². The molecule has 0 spiro atoms. The van der Waals surface area contributed by atoms with Crippen LogP contribution in [0.1, 0.15) is 22.3 Å². The lowest BCUT2D eigenvalue weighted by Gasteiger charge is -2.13. The lowest BCUT2D eigenvalue weighted by molar-refractivity contribution is -0.136. The second-order valence-corrected chi connectivity index (χ2v) is 8.74. The molecule has 0 radical (unpaired) electrons. The molecule has 1 atom stereocenters. The van der Waals surface area contributed by atoms with Crippen molar-refractivity contribution in [2.24, 2.45) is 0 Å². The van der Waals surface area contributed by atoms with E-state index >= 15 is 0 Å². The Morgan fingerprint density at radius 2 is 1.66 bits per heavy atom. The first-order valence-electron chi connectivity index (χ1n) is 10.5. The minimum Gasteiger partial charge on any atom is -0.480 e. The molecule has 3 aromatic carbocycles. The summed E-state index contributed by atoms with van der Waals surface area (Å²) in [6.07, 6.45) is -0.996. The summed E-state index contributed by atoms with van der Waals surface area (Å²) in [5.41, 5.74) is 1.87. The maximum Gasteiger partial charge on any atom is 0.411 e. The monoisotopic (exact) mass is 500 g/mol. The Labute approximate surface area is 204 Å². The molecule has 0 heterocycles. The number of halogens is 2. The van der Waals surface area contributed by atoms with E-state index in [1.54, 1.807) is 36.4 Å². The number of aliphatic carboxylic acids is 1. The smallest absolute Gasteiger partial charge is 0.411 e. The Bertz CT molecular complexity index is 1200. The number of ether oxygens (including phenoxy) is 1. The van der Waals surface area contributed by atoms with Crippen LogP contribution in [0, 0.1) is 18.6 Å². The number of anilines is 2. The molecular weight excluding hydrogens is 478 g/mol. The van der Waals surface area contributed by atoms with E-state index in [0.717, 1.165) is 29.5 Å². The number of carbonyl (C=O) groups is 3. The minimum absolute atomic E-state index is 0.00870. The molecule has 0 aromatic heterocycles. The molecule has 3 rings (SSSR count). The maximum atomic E-state index is 13.6. The molecule has 0 fully saturated rings. The number of hydrogen-bond donors (Lipinski definition) is 3. The third-order valence-corrected chi connectivity index (χ3v) is 6.03. The van der Waals surface area contributed by atoms with Crippen LogP contribution in [-0.2, 0) is 9.53 Å². The van der Waals surface area contributed by atoms with Gasteiger partial charge >= 0.3 is 12.1 Å². The van der Waals surface area contributed by atoms with E-state index in [2.05, 4.69) is 10.6 Å². The highest BCUT2D eigenvalue weighted by atomic mass is 32.2. The van der Waals surface area contributed by atoms with Gasteiger partial charge in [0.15, 0.2) is 0 Å². The fraction of sp³-hybridized carbons (Fsp3) is 0.160. The first kappa shape index (κ1) is 25.7. The Kier molecular flexibility index (Phi) is 8.80. The number of rotatable bonds is 9. The molecule has 7 nitrogen and oxygen atoms in total. The lowest BCUT2D eigenvalue weighted by atomic mass is 10.1. The highest BCUT2D eigenvalue weighted by Crippen LogP contribution is 2.27. The van der Waals surface area contributed by atoms with Gasteiger partial charge in [-0.15, -0.1) is 11.8 Å². The van der Waals surface area contributed by atoms with E-state index in [9.17, 15) is 28.3 Å². The summed E-state index contributed by atoms with van der Waals surface area (Å²) in [5.74, 6) is -3.10. The summed E-state index contributed by atoms with van der Waals surface area (Å²) in [6, 6.07) is 16.5. The van der Waals surface area contributed by atoms with E-state index in [1.807, 2.05) is 19.1 Å². The van der Waals surface area contributed by atoms with Gasteiger partial charge in [0.25, 0.3) is 5.91 Å². The molecule has 0 aliphatic carbocycles. The van der Waals surface area contributed by atoms with Gasteiger partial charge in [-0.1, -0.05) is 17.7 Å². The largest absolute Gasteiger partial charge is 0.480 e. The van der Waals surface area contributed by atoms with Gasteiger partial charge in [-0.25, -0.2) is 13.6 Å². The minimum atomic E-state index is -1.10. The summed E-state index contributed by atoms with van der Waals surface area (Å²) in [4.78, 5) is 36.4. The zero-order chi connectivity index (χ0) is 25.4. The summed E-state index contributed by atoms with van der Waals surface area (Å²) < 4.78 is 31.5. The molecule has 0 bridgehead atoms. The molecular formula is C25H22F2N2O5S. The van der Waals surface area contributed by atoms with E-state index in [4.69, 9.17) is 4.74 Å². The molecule has 2 amide bonds. The van der Waals surface area contributed by atoms with Crippen molar-refractivity contribution in [3.05, 3.63) is 89.5 Å². The molecule has 0 saturated heterocycles. The standard InChI is InChI=1S/C25H22F2N2O5S/c1-15-2-4-16(5-3-15)23(30)28-18-7-9-19(10-8-18)35-22(24(31)32)12-13-34-25(33)29-21-11-6-17(26)14-20(21)27/h2-11,14,22H,12-13H2,1H3,(H,28,30)(H,29,33)(H,31,32). The van der Waals surface area contributed by atoms with Gasteiger partial charge in [0.2, 0.25) is 0 Å². The second kappa shape index (κ2) is 12.0. The van der Waals surface area contributed by atoms with E-state index < -0.39 is 28.9 Å². The number of thioether (sulfide) groups is 1. The van der Waals surface area contributed by atoms with Crippen molar-refractivity contribution in [1.82, 2.24) is 0 Å².